The molecular formula is C14H23N3O6. The summed E-state index contributed by atoms with van der Waals surface area (Å²) in [4.78, 5) is 37.4. The van der Waals surface area contributed by atoms with E-state index >= 15 is 0 Å². The number of H-pyrrole nitrogens is 1. The Morgan fingerprint density at radius 2 is 1.74 bits per heavy atom. The number of aromatic amines is 1. The Morgan fingerprint density at radius 3 is 2.17 bits per heavy atom. The van der Waals surface area contributed by atoms with Crippen LogP contribution in [0, 0.1) is 0 Å². The van der Waals surface area contributed by atoms with Crippen LogP contribution in [0.4, 0.5) is 4.79 Å². The molecule has 1 aromatic heterocycles. The minimum absolute atomic E-state index is 0.0973. The summed E-state index contributed by atoms with van der Waals surface area (Å²) in [7, 11) is 0. The molecule has 2 N–H and O–H groups in total. The number of nitrogens with zero attached hydrogens (tertiary/aromatic N) is 1. The molecule has 0 aliphatic carbocycles. The topological polar surface area (TPSA) is 124 Å². The Bertz CT molecular complexity index is 605. The van der Waals surface area contributed by atoms with Crippen molar-refractivity contribution in [3.05, 3.63) is 16.4 Å². The molecule has 9 heteroatoms. The molecule has 0 aliphatic rings. The average molecular weight is 329 g/mol. The summed E-state index contributed by atoms with van der Waals surface area (Å²) < 4.78 is 14.7. The first-order chi connectivity index (χ1) is 10.4. The summed E-state index contributed by atoms with van der Waals surface area (Å²) in [5, 5.41) is 5.89. The van der Waals surface area contributed by atoms with E-state index in [1.807, 2.05) is 0 Å². The fourth-order valence-corrected chi connectivity index (χ4v) is 1.56. The lowest BCUT2D eigenvalue weighted by Gasteiger charge is -2.25. The minimum Gasteiger partial charge on any atom is -0.458 e. The van der Waals surface area contributed by atoms with Crippen molar-refractivity contribution in [3.63, 3.8) is 0 Å². The lowest BCUT2D eigenvalue weighted by molar-refractivity contribution is -0.157. The van der Waals surface area contributed by atoms with E-state index < -0.39 is 35.1 Å². The summed E-state index contributed by atoms with van der Waals surface area (Å²) in [6, 6.07) is -1.08. The molecule has 23 heavy (non-hydrogen) atoms. The molecule has 130 valence electrons. The SMILES string of the molecule is CC(C)(C)OC(=O)N[C@@H](Cc1noc(=O)[nH]1)C(=O)OC(C)(C)C. The number of aromatic nitrogens is 2. The van der Waals surface area contributed by atoms with Gasteiger partial charge in [-0.2, -0.15) is 0 Å². The second-order valence-electron chi connectivity index (χ2n) is 6.98. The van der Waals surface area contributed by atoms with Crippen molar-refractivity contribution >= 4 is 12.1 Å². The van der Waals surface area contributed by atoms with Gasteiger partial charge in [-0.3, -0.25) is 9.51 Å². The smallest absolute Gasteiger partial charge is 0.438 e. The van der Waals surface area contributed by atoms with Gasteiger partial charge in [-0.1, -0.05) is 5.16 Å². The van der Waals surface area contributed by atoms with Crippen molar-refractivity contribution in [3.8, 4) is 0 Å². The third kappa shape index (κ3) is 7.48. The van der Waals surface area contributed by atoms with E-state index in [9.17, 15) is 14.4 Å². The number of hydrogen-bond acceptors (Lipinski definition) is 7. The molecule has 1 amide bonds. The number of carbonyl (C=O) groups excluding carboxylic acids is 2. The summed E-state index contributed by atoms with van der Waals surface area (Å²) in [6.45, 7) is 10.2. The standard InChI is InChI=1S/C14H23N3O6/c1-13(2,3)21-10(18)8(7-9-16-12(20)23-17-9)15-11(19)22-14(4,5)6/h8H,7H2,1-6H3,(H,15,19)(H,16,17,20)/t8-/m0/s1. The quantitative estimate of drug-likeness (QED) is 0.794. The zero-order valence-corrected chi connectivity index (χ0v) is 14.2. The molecule has 0 saturated heterocycles. The van der Waals surface area contributed by atoms with E-state index in [1.54, 1.807) is 41.5 Å². The highest BCUT2D eigenvalue weighted by Gasteiger charge is 2.30. The molecule has 1 atom stereocenters. The van der Waals surface area contributed by atoms with E-state index in [0.717, 1.165) is 0 Å². The second-order valence-corrected chi connectivity index (χ2v) is 6.98. The van der Waals surface area contributed by atoms with Gasteiger partial charge in [0.2, 0.25) is 0 Å². The van der Waals surface area contributed by atoms with Crippen molar-refractivity contribution in [1.82, 2.24) is 15.5 Å². The molecule has 1 heterocycles. The van der Waals surface area contributed by atoms with E-state index in [1.165, 1.54) is 0 Å². The maximum atomic E-state index is 12.2. The molecular weight excluding hydrogens is 306 g/mol. The maximum absolute atomic E-state index is 12.2. The molecule has 0 spiro atoms. The van der Waals surface area contributed by atoms with Crippen LogP contribution in [0.2, 0.25) is 0 Å². The number of nitrogens with one attached hydrogen (secondary N) is 2. The van der Waals surface area contributed by atoms with Crippen molar-refractivity contribution in [2.75, 3.05) is 0 Å². The Hall–Kier alpha value is -2.32. The van der Waals surface area contributed by atoms with Gasteiger partial charge in [0.1, 0.15) is 17.2 Å². The van der Waals surface area contributed by atoms with Crippen LogP contribution in [0.3, 0.4) is 0 Å². The molecule has 9 nitrogen and oxygen atoms in total. The summed E-state index contributed by atoms with van der Waals surface area (Å²) in [5.74, 6) is -1.31. The normalized spacial score (nSPS) is 13.3. The largest absolute Gasteiger partial charge is 0.458 e. The van der Waals surface area contributed by atoms with Crippen molar-refractivity contribution in [1.29, 1.82) is 0 Å². The fraction of sp³-hybridized carbons (Fsp3) is 0.714. The van der Waals surface area contributed by atoms with E-state index in [0.29, 0.717) is 0 Å². The van der Waals surface area contributed by atoms with Crippen molar-refractivity contribution in [2.24, 2.45) is 0 Å². The predicted molar refractivity (Wildman–Crippen MR) is 79.8 cm³/mol. The monoisotopic (exact) mass is 329 g/mol. The first-order valence-corrected chi connectivity index (χ1v) is 7.13. The lowest BCUT2D eigenvalue weighted by Crippen LogP contribution is -2.47. The highest BCUT2D eigenvalue weighted by Crippen LogP contribution is 2.11. The summed E-state index contributed by atoms with van der Waals surface area (Å²) >= 11 is 0. The van der Waals surface area contributed by atoms with Gasteiger partial charge in [-0.05, 0) is 41.5 Å². The Morgan fingerprint density at radius 1 is 1.17 bits per heavy atom. The predicted octanol–water partition coefficient (Wildman–Crippen LogP) is 1.14. The molecule has 0 fully saturated rings. The molecule has 1 aromatic rings. The molecule has 0 aliphatic heterocycles. The van der Waals surface area contributed by atoms with Crippen molar-refractivity contribution in [2.45, 2.75) is 65.2 Å². The summed E-state index contributed by atoms with van der Waals surface area (Å²) in [6.07, 6.45) is -0.876. The fourth-order valence-electron chi connectivity index (χ4n) is 1.56. The minimum atomic E-state index is -1.08. The van der Waals surface area contributed by atoms with E-state index in [-0.39, 0.29) is 12.2 Å². The van der Waals surface area contributed by atoms with Gasteiger partial charge in [0.05, 0.1) is 0 Å². The number of alkyl carbamates (subject to hydrolysis) is 1. The van der Waals surface area contributed by atoms with Crippen LogP contribution in [0.25, 0.3) is 0 Å². The van der Waals surface area contributed by atoms with Crippen LogP contribution in [-0.2, 0) is 20.7 Å². The zero-order valence-electron chi connectivity index (χ0n) is 14.2. The van der Waals surface area contributed by atoms with Crippen LogP contribution in [0.5, 0.6) is 0 Å². The van der Waals surface area contributed by atoms with Gasteiger partial charge < -0.3 is 14.8 Å². The van der Waals surface area contributed by atoms with E-state index in [2.05, 4.69) is 20.0 Å². The second kappa shape index (κ2) is 6.84. The Kier molecular flexibility index (Phi) is 5.57. The van der Waals surface area contributed by atoms with Gasteiger partial charge in [0.15, 0.2) is 5.82 Å². The molecule has 0 aromatic carbocycles. The Labute approximate surface area is 133 Å². The molecule has 0 unspecified atom stereocenters. The highest BCUT2D eigenvalue weighted by atomic mass is 16.6. The van der Waals surface area contributed by atoms with Gasteiger partial charge in [-0.25, -0.2) is 14.4 Å². The van der Waals surface area contributed by atoms with Gasteiger partial charge in [0.25, 0.3) is 0 Å². The van der Waals surface area contributed by atoms with Gasteiger partial charge >= 0.3 is 17.8 Å². The van der Waals surface area contributed by atoms with Crippen LogP contribution in [0.15, 0.2) is 9.32 Å². The number of ether oxygens (including phenoxy) is 2. The maximum Gasteiger partial charge on any atom is 0.438 e. The van der Waals surface area contributed by atoms with E-state index in [4.69, 9.17) is 9.47 Å². The number of carbonyl (C=O) groups is 2. The molecule has 1 rings (SSSR count). The Balaban J connectivity index is 2.85. The van der Waals surface area contributed by atoms with Crippen LogP contribution in [-0.4, -0.2) is 39.4 Å². The molecule has 0 saturated carbocycles. The van der Waals surface area contributed by atoms with Gasteiger partial charge in [-0.15, -0.1) is 0 Å². The third-order valence-electron chi connectivity index (χ3n) is 2.26. The zero-order chi connectivity index (χ0) is 17.8. The molecule has 0 radical (unpaired) electrons. The highest BCUT2D eigenvalue weighted by molar-refractivity contribution is 5.81. The first-order valence-electron chi connectivity index (χ1n) is 7.13. The van der Waals surface area contributed by atoms with Crippen LogP contribution < -0.4 is 11.1 Å². The third-order valence-corrected chi connectivity index (χ3v) is 2.26. The number of rotatable bonds is 4. The van der Waals surface area contributed by atoms with Crippen LogP contribution >= 0.6 is 0 Å². The lowest BCUT2D eigenvalue weighted by atomic mass is 10.1. The van der Waals surface area contributed by atoms with Crippen molar-refractivity contribution < 1.29 is 23.6 Å². The van der Waals surface area contributed by atoms with Gasteiger partial charge in [0, 0.05) is 6.42 Å². The van der Waals surface area contributed by atoms with Crippen LogP contribution in [0.1, 0.15) is 47.4 Å². The number of esters is 1. The average Bonchev–Trinajstić information content (AvgIpc) is 2.69. The number of amides is 1. The number of hydrogen-bond donors (Lipinski definition) is 2. The first kappa shape index (κ1) is 18.7. The molecule has 0 bridgehead atoms. The summed E-state index contributed by atoms with van der Waals surface area (Å²) in [5.41, 5.74) is -1.45.